The van der Waals surface area contributed by atoms with Crippen LogP contribution in [0.15, 0.2) is 18.2 Å². The van der Waals surface area contributed by atoms with Crippen molar-refractivity contribution in [2.24, 2.45) is 0 Å². The lowest BCUT2D eigenvalue weighted by Crippen LogP contribution is -2.04. The van der Waals surface area contributed by atoms with Gasteiger partial charge in [-0.05, 0) is 30.4 Å². The molecule has 1 aliphatic rings. The van der Waals surface area contributed by atoms with Gasteiger partial charge in [-0.15, -0.1) is 0 Å². The molecule has 0 aliphatic heterocycles. The fraction of sp³-hybridized carbons (Fsp3) is 0.417. The van der Waals surface area contributed by atoms with E-state index in [0.29, 0.717) is 0 Å². The normalized spacial score (nSPS) is 18.6. The van der Waals surface area contributed by atoms with Crippen LogP contribution in [0.4, 0.5) is 0 Å². The van der Waals surface area contributed by atoms with Crippen LogP contribution < -0.4 is 4.74 Å². The molecule has 0 heterocycles. The molecule has 0 aromatic heterocycles. The SMILES string of the molecule is COc1cccc2c1C(CC(=O)O)CC2. The highest BCUT2D eigenvalue weighted by Crippen LogP contribution is 2.41. The van der Waals surface area contributed by atoms with Crippen LogP contribution in [-0.2, 0) is 11.2 Å². The number of aliphatic carboxylic acids is 1. The highest BCUT2D eigenvalue weighted by atomic mass is 16.5. The van der Waals surface area contributed by atoms with Gasteiger partial charge in [0.25, 0.3) is 0 Å². The molecule has 1 atom stereocenters. The molecule has 15 heavy (non-hydrogen) atoms. The number of carboxylic acid groups (broad SMARTS) is 1. The molecule has 0 amide bonds. The second-order valence-electron chi connectivity index (χ2n) is 3.87. The van der Waals surface area contributed by atoms with Crippen molar-refractivity contribution < 1.29 is 14.6 Å². The third kappa shape index (κ3) is 1.82. The minimum atomic E-state index is -0.737. The topological polar surface area (TPSA) is 46.5 Å². The van der Waals surface area contributed by atoms with Gasteiger partial charge in [-0.3, -0.25) is 4.79 Å². The van der Waals surface area contributed by atoms with Gasteiger partial charge in [0.05, 0.1) is 13.5 Å². The summed E-state index contributed by atoms with van der Waals surface area (Å²) in [5, 5.41) is 8.82. The van der Waals surface area contributed by atoms with Gasteiger partial charge in [0.15, 0.2) is 0 Å². The molecule has 2 rings (SSSR count). The third-order valence-corrected chi connectivity index (χ3v) is 2.97. The Kier molecular flexibility index (Phi) is 2.62. The molecule has 0 saturated heterocycles. The van der Waals surface area contributed by atoms with Crippen molar-refractivity contribution in [1.82, 2.24) is 0 Å². The summed E-state index contributed by atoms with van der Waals surface area (Å²) in [4.78, 5) is 10.7. The number of rotatable bonds is 3. The lowest BCUT2D eigenvalue weighted by Gasteiger charge is -2.12. The fourth-order valence-corrected chi connectivity index (χ4v) is 2.34. The van der Waals surface area contributed by atoms with E-state index in [0.717, 1.165) is 24.2 Å². The highest BCUT2D eigenvalue weighted by molar-refractivity contribution is 5.69. The van der Waals surface area contributed by atoms with Crippen LogP contribution in [-0.4, -0.2) is 18.2 Å². The maximum Gasteiger partial charge on any atom is 0.303 e. The van der Waals surface area contributed by atoms with E-state index < -0.39 is 5.97 Å². The smallest absolute Gasteiger partial charge is 0.303 e. The lowest BCUT2D eigenvalue weighted by molar-refractivity contribution is -0.137. The Morgan fingerprint density at radius 3 is 3.07 bits per heavy atom. The maximum absolute atomic E-state index is 10.7. The molecule has 80 valence electrons. The van der Waals surface area contributed by atoms with Gasteiger partial charge in [-0.1, -0.05) is 12.1 Å². The highest BCUT2D eigenvalue weighted by Gasteiger charge is 2.27. The van der Waals surface area contributed by atoms with Crippen LogP contribution in [0.2, 0.25) is 0 Å². The van der Waals surface area contributed by atoms with Crippen LogP contribution in [0.3, 0.4) is 0 Å². The molecular weight excluding hydrogens is 192 g/mol. The summed E-state index contributed by atoms with van der Waals surface area (Å²) in [5.41, 5.74) is 2.34. The number of aryl methyl sites for hydroxylation is 1. The summed E-state index contributed by atoms with van der Waals surface area (Å²) in [6, 6.07) is 5.92. The quantitative estimate of drug-likeness (QED) is 0.824. The average molecular weight is 206 g/mol. The Morgan fingerprint density at radius 1 is 1.60 bits per heavy atom. The van der Waals surface area contributed by atoms with E-state index in [-0.39, 0.29) is 12.3 Å². The molecule has 1 aromatic carbocycles. The Labute approximate surface area is 88.7 Å². The Morgan fingerprint density at radius 2 is 2.40 bits per heavy atom. The van der Waals surface area contributed by atoms with Crippen LogP contribution in [0.1, 0.15) is 29.9 Å². The zero-order valence-corrected chi connectivity index (χ0v) is 8.69. The molecule has 0 saturated carbocycles. The van der Waals surface area contributed by atoms with Gasteiger partial charge in [0.1, 0.15) is 5.75 Å². The first kappa shape index (κ1) is 10.0. The first-order valence-electron chi connectivity index (χ1n) is 5.10. The van der Waals surface area contributed by atoms with Crippen molar-refractivity contribution in [3.8, 4) is 5.75 Å². The summed E-state index contributed by atoms with van der Waals surface area (Å²) in [7, 11) is 1.63. The van der Waals surface area contributed by atoms with E-state index in [2.05, 4.69) is 6.07 Å². The van der Waals surface area contributed by atoms with Crippen LogP contribution in [0.5, 0.6) is 5.75 Å². The first-order chi connectivity index (χ1) is 7.22. The van der Waals surface area contributed by atoms with E-state index in [1.54, 1.807) is 7.11 Å². The number of carbonyl (C=O) groups is 1. The molecule has 0 spiro atoms. The summed E-state index contributed by atoms with van der Waals surface area (Å²) >= 11 is 0. The molecule has 1 unspecified atom stereocenters. The lowest BCUT2D eigenvalue weighted by atomic mass is 9.97. The molecule has 3 heteroatoms. The number of carboxylic acids is 1. The zero-order valence-electron chi connectivity index (χ0n) is 8.69. The van der Waals surface area contributed by atoms with Crippen molar-refractivity contribution in [2.45, 2.75) is 25.2 Å². The number of fused-ring (bicyclic) bond motifs is 1. The predicted molar refractivity (Wildman–Crippen MR) is 56.3 cm³/mol. The summed E-state index contributed by atoms with van der Waals surface area (Å²) < 4.78 is 5.28. The molecule has 1 N–H and O–H groups in total. The number of benzene rings is 1. The number of hydrogen-bond acceptors (Lipinski definition) is 2. The van der Waals surface area contributed by atoms with E-state index in [1.165, 1.54) is 5.56 Å². The van der Waals surface area contributed by atoms with Gasteiger partial charge >= 0.3 is 5.97 Å². The van der Waals surface area contributed by atoms with Gasteiger partial charge in [-0.2, -0.15) is 0 Å². The number of ether oxygens (including phenoxy) is 1. The third-order valence-electron chi connectivity index (χ3n) is 2.97. The van der Waals surface area contributed by atoms with E-state index in [9.17, 15) is 4.79 Å². The monoisotopic (exact) mass is 206 g/mol. The van der Waals surface area contributed by atoms with Crippen molar-refractivity contribution in [3.05, 3.63) is 29.3 Å². The Bertz CT molecular complexity index is 384. The molecular formula is C12H14O3. The van der Waals surface area contributed by atoms with Crippen LogP contribution in [0.25, 0.3) is 0 Å². The van der Waals surface area contributed by atoms with Gasteiger partial charge in [-0.25, -0.2) is 0 Å². The van der Waals surface area contributed by atoms with Crippen molar-refractivity contribution >= 4 is 5.97 Å². The van der Waals surface area contributed by atoms with E-state index in [1.807, 2.05) is 12.1 Å². The minimum Gasteiger partial charge on any atom is -0.496 e. The molecule has 1 aliphatic carbocycles. The Balaban J connectivity index is 2.35. The van der Waals surface area contributed by atoms with Gasteiger partial charge < -0.3 is 9.84 Å². The second-order valence-corrected chi connectivity index (χ2v) is 3.87. The maximum atomic E-state index is 10.7. The minimum absolute atomic E-state index is 0.119. The first-order valence-corrected chi connectivity index (χ1v) is 5.10. The molecule has 0 radical (unpaired) electrons. The van der Waals surface area contributed by atoms with Crippen LogP contribution >= 0.6 is 0 Å². The average Bonchev–Trinajstić information content (AvgIpc) is 2.61. The molecule has 0 bridgehead atoms. The summed E-state index contributed by atoms with van der Waals surface area (Å²) in [6.45, 7) is 0. The number of hydrogen-bond donors (Lipinski definition) is 1. The summed E-state index contributed by atoms with van der Waals surface area (Å²) in [5.74, 6) is 0.212. The number of methoxy groups -OCH3 is 1. The van der Waals surface area contributed by atoms with Crippen molar-refractivity contribution in [3.63, 3.8) is 0 Å². The Hall–Kier alpha value is -1.51. The zero-order chi connectivity index (χ0) is 10.8. The fourth-order valence-electron chi connectivity index (χ4n) is 2.34. The largest absolute Gasteiger partial charge is 0.496 e. The second kappa shape index (κ2) is 3.93. The standard InChI is InChI=1S/C12H14O3/c1-15-10-4-2-3-8-5-6-9(12(8)10)7-11(13)14/h2-4,9H,5-7H2,1H3,(H,13,14). The van der Waals surface area contributed by atoms with Gasteiger partial charge in [0.2, 0.25) is 0 Å². The van der Waals surface area contributed by atoms with Crippen molar-refractivity contribution in [2.75, 3.05) is 7.11 Å². The molecule has 1 aromatic rings. The van der Waals surface area contributed by atoms with Crippen LogP contribution in [0, 0.1) is 0 Å². The molecule has 3 nitrogen and oxygen atoms in total. The summed E-state index contributed by atoms with van der Waals surface area (Å²) in [6.07, 6.45) is 2.08. The van der Waals surface area contributed by atoms with Gasteiger partial charge in [0, 0.05) is 5.56 Å². The predicted octanol–water partition coefficient (Wildman–Crippen LogP) is 2.20. The van der Waals surface area contributed by atoms with E-state index >= 15 is 0 Å². The van der Waals surface area contributed by atoms with E-state index in [4.69, 9.17) is 9.84 Å². The molecule has 0 fully saturated rings. The van der Waals surface area contributed by atoms with Crippen molar-refractivity contribution in [1.29, 1.82) is 0 Å².